The normalized spacial score (nSPS) is 21.2. The summed E-state index contributed by atoms with van der Waals surface area (Å²) in [7, 11) is 0. The van der Waals surface area contributed by atoms with E-state index in [0.717, 1.165) is 12.0 Å². The number of aromatic nitrogens is 2. The molecule has 0 amide bonds. The number of imidazole rings is 1. The molecule has 1 N–H and O–H groups in total. The van der Waals surface area contributed by atoms with E-state index in [-0.39, 0.29) is 11.7 Å². The van der Waals surface area contributed by atoms with Gasteiger partial charge >= 0.3 is 5.97 Å². The summed E-state index contributed by atoms with van der Waals surface area (Å²) < 4.78 is 1.72. The monoisotopic (exact) mass is 268 g/mol. The predicted octanol–water partition coefficient (Wildman–Crippen LogP) is 3.23. The lowest BCUT2D eigenvalue weighted by Gasteiger charge is -2.20. The fourth-order valence-electron chi connectivity index (χ4n) is 2.81. The Balaban J connectivity index is 2.16. The number of carboxylic acids is 1. The number of hydrogen-bond acceptors (Lipinski definition) is 2. The molecule has 3 rings (SSSR count). The quantitative estimate of drug-likeness (QED) is 0.851. The second kappa shape index (κ2) is 4.96. The van der Waals surface area contributed by atoms with Crippen LogP contribution in [0.25, 0.3) is 0 Å². The Morgan fingerprint density at radius 1 is 1.35 bits per heavy atom. The summed E-state index contributed by atoms with van der Waals surface area (Å²) in [5, 5.41) is 9.27. The van der Waals surface area contributed by atoms with Crippen LogP contribution < -0.4 is 0 Å². The Hall–Kier alpha value is -2.36. The van der Waals surface area contributed by atoms with Crippen molar-refractivity contribution >= 4 is 5.97 Å². The maximum atomic E-state index is 11.3. The summed E-state index contributed by atoms with van der Waals surface area (Å²) in [6.07, 6.45) is 8.14. The van der Waals surface area contributed by atoms with Crippen molar-refractivity contribution in [2.75, 3.05) is 0 Å². The van der Waals surface area contributed by atoms with E-state index in [4.69, 9.17) is 0 Å². The highest BCUT2D eigenvalue weighted by molar-refractivity contribution is 5.85. The zero-order valence-corrected chi connectivity index (χ0v) is 11.2. The molecule has 2 unspecified atom stereocenters. The number of benzene rings is 1. The molecule has 2 atom stereocenters. The number of carbonyl (C=O) groups is 1. The first-order valence-corrected chi connectivity index (χ1v) is 6.69. The van der Waals surface area contributed by atoms with Gasteiger partial charge in [-0.25, -0.2) is 9.78 Å². The molecule has 1 heterocycles. The van der Waals surface area contributed by atoms with Crippen LogP contribution in [0.4, 0.5) is 0 Å². The van der Waals surface area contributed by atoms with Crippen LogP contribution in [0.5, 0.6) is 0 Å². The van der Waals surface area contributed by atoms with Crippen LogP contribution in [0, 0.1) is 0 Å². The van der Waals surface area contributed by atoms with Gasteiger partial charge in [0.25, 0.3) is 0 Å². The number of rotatable bonds is 2. The summed E-state index contributed by atoms with van der Waals surface area (Å²) in [5.74, 6) is -0.519. The molecule has 0 aliphatic heterocycles. The van der Waals surface area contributed by atoms with Crippen LogP contribution in [0.15, 0.2) is 48.9 Å². The third kappa shape index (κ3) is 2.03. The van der Waals surface area contributed by atoms with E-state index in [9.17, 15) is 9.90 Å². The average molecular weight is 268 g/mol. The zero-order chi connectivity index (χ0) is 14.1. The van der Waals surface area contributed by atoms with Crippen molar-refractivity contribution in [3.05, 3.63) is 65.8 Å². The first-order valence-electron chi connectivity index (χ1n) is 6.69. The molecule has 102 valence electrons. The summed E-state index contributed by atoms with van der Waals surface area (Å²) >= 11 is 0. The average Bonchev–Trinajstić information content (AvgIpc) is 2.87. The first-order chi connectivity index (χ1) is 9.68. The lowest BCUT2D eigenvalue weighted by Crippen LogP contribution is -2.15. The Kier molecular flexibility index (Phi) is 3.14. The molecule has 4 heteroatoms. The summed E-state index contributed by atoms with van der Waals surface area (Å²) in [4.78, 5) is 15.3. The third-order valence-corrected chi connectivity index (χ3v) is 3.84. The maximum absolute atomic E-state index is 11.3. The highest BCUT2D eigenvalue weighted by atomic mass is 16.4. The molecule has 2 aromatic rings. The minimum Gasteiger partial charge on any atom is -0.477 e. The molecule has 1 aromatic carbocycles. The number of nitrogens with zero attached hydrogens (tertiary/aromatic N) is 2. The van der Waals surface area contributed by atoms with Crippen LogP contribution in [0.1, 0.15) is 46.9 Å². The Labute approximate surface area is 117 Å². The van der Waals surface area contributed by atoms with Crippen molar-refractivity contribution in [1.29, 1.82) is 0 Å². The molecule has 20 heavy (non-hydrogen) atoms. The van der Waals surface area contributed by atoms with Crippen LogP contribution in [-0.2, 0) is 0 Å². The van der Waals surface area contributed by atoms with E-state index < -0.39 is 5.97 Å². The molecule has 0 bridgehead atoms. The summed E-state index contributed by atoms with van der Waals surface area (Å²) in [6.45, 7) is 2.19. The number of carboxylic acid groups (broad SMARTS) is 1. The molecule has 0 saturated heterocycles. The van der Waals surface area contributed by atoms with Crippen molar-refractivity contribution in [1.82, 2.24) is 9.55 Å². The standard InChI is InChI=1S/C16H16N2O2/c1-11-5-4-8-14(13-7-3-2-6-12(11)13)18-10-17-9-15(18)16(19)20/h2-4,6-11,14H,5H2,1H3,(H,19,20). The van der Waals surface area contributed by atoms with Crippen molar-refractivity contribution in [2.45, 2.75) is 25.3 Å². The van der Waals surface area contributed by atoms with Gasteiger partial charge in [-0.1, -0.05) is 43.3 Å². The molecule has 4 nitrogen and oxygen atoms in total. The van der Waals surface area contributed by atoms with E-state index in [1.165, 1.54) is 11.8 Å². The predicted molar refractivity (Wildman–Crippen MR) is 75.9 cm³/mol. The van der Waals surface area contributed by atoms with Crippen LogP contribution in [0.3, 0.4) is 0 Å². The van der Waals surface area contributed by atoms with Crippen molar-refractivity contribution < 1.29 is 9.90 Å². The van der Waals surface area contributed by atoms with E-state index in [2.05, 4.69) is 36.2 Å². The smallest absolute Gasteiger partial charge is 0.354 e. The Morgan fingerprint density at radius 2 is 2.10 bits per heavy atom. The van der Waals surface area contributed by atoms with Gasteiger partial charge in [-0.15, -0.1) is 0 Å². The van der Waals surface area contributed by atoms with E-state index in [0.29, 0.717) is 5.92 Å². The highest BCUT2D eigenvalue weighted by Gasteiger charge is 2.23. The molecule has 1 aliphatic carbocycles. The third-order valence-electron chi connectivity index (χ3n) is 3.84. The topological polar surface area (TPSA) is 55.1 Å². The second-order valence-electron chi connectivity index (χ2n) is 5.13. The van der Waals surface area contributed by atoms with Crippen LogP contribution in [-0.4, -0.2) is 20.6 Å². The van der Waals surface area contributed by atoms with E-state index in [1.807, 2.05) is 12.1 Å². The number of allylic oxidation sites excluding steroid dienone is 2. The van der Waals surface area contributed by atoms with Crippen molar-refractivity contribution in [3.63, 3.8) is 0 Å². The summed E-state index contributed by atoms with van der Waals surface area (Å²) in [5.41, 5.74) is 2.63. The largest absolute Gasteiger partial charge is 0.477 e. The number of fused-ring (bicyclic) bond motifs is 1. The SMILES string of the molecule is CC1CC=CC(n2cncc2C(=O)O)c2ccccc21. The molecule has 0 saturated carbocycles. The fourth-order valence-corrected chi connectivity index (χ4v) is 2.81. The van der Waals surface area contributed by atoms with Gasteiger partial charge in [0.15, 0.2) is 0 Å². The van der Waals surface area contributed by atoms with E-state index >= 15 is 0 Å². The van der Waals surface area contributed by atoms with Gasteiger partial charge in [-0.2, -0.15) is 0 Å². The minimum absolute atomic E-state index is 0.107. The zero-order valence-electron chi connectivity index (χ0n) is 11.2. The molecule has 1 aromatic heterocycles. The Bertz CT molecular complexity index is 673. The second-order valence-corrected chi connectivity index (χ2v) is 5.13. The highest BCUT2D eigenvalue weighted by Crippen LogP contribution is 2.34. The molecular formula is C16H16N2O2. The lowest BCUT2D eigenvalue weighted by atomic mass is 9.92. The van der Waals surface area contributed by atoms with Gasteiger partial charge in [0.05, 0.1) is 18.6 Å². The van der Waals surface area contributed by atoms with Gasteiger partial charge < -0.3 is 9.67 Å². The molecule has 0 radical (unpaired) electrons. The van der Waals surface area contributed by atoms with Gasteiger partial charge in [0.2, 0.25) is 0 Å². The molecule has 1 aliphatic rings. The molecular weight excluding hydrogens is 252 g/mol. The van der Waals surface area contributed by atoms with Gasteiger partial charge in [0, 0.05) is 0 Å². The number of aromatic carboxylic acids is 1. The van der Waals surface area contributed by atoms with Gasteiger partial charge in [-0.05, 0) is 23.5 Å². The van der Waals surface area contributed by atoms with Crippen molar-refractivity contribution in [3.8, 4) is 0 Å². The molecule has 0 spiro atoms. The molecule has 0 fully saturated rings. The fraction of sp³-hybridized carbons (Fsp3) is 0.250. The first kappa shape index (κ1) is 12.7. The van der Waals surface area contributed by atoms with E-state index in [1.54, 1.807) is 10.9 Å². The van der Waals surface area contributed by atoms with Crippen LogP contribution >= 0.6 is 0 Å². The lowest BCUT2D eigenvalue weighted by molar-refractivity contribution is 0.0684. The minimum atomic E-state index is -0.953. The van der Waals surface area contributed by atoms with Gasteiger partial charge in [0.1, 0.15) is 5.69 Å². The van der Waals surface area contributed by atoms with Crippen molar-refractivity contribution in [2.24, 2.45) is 0 Å². The maximum Gasteiger partial charge on any atom is 0.354 e. The van der Waals surface area contributed by atoms with Gasteiger partial charge in [-0.3, -0.25) is 0 Å². The number of hydrogen-bond donors (Lipinski definition) is 1. The Morgan fingerprint density at radius 3 is 2.85 bits per heavy atom. The van der Waals surface area contributed by atoms with Crippen LogP contribution in [0.2, 0.25) is 0 Å². The summed E-state index contributed by atoms with van der Waals surface area (Å²) in [6, 6.07) is 8.11.